The van der Waals surface area contributed by atoms with Crippen molar-refractivity contribution in [2.75, 3.05) is 0 Å². The molecule has 9 heteroatoms. The van der Waals surface area contributed by atoms with Crippen LogP contribution in [0.3, 0.4) is 0 Å². The second-order valence-corrected chi connectivity index (χ2v) is 6.40. The molecule has 150 valence electrons. The first-order valence-corrected chi connectivity index (χ1v) is 9.08. The van der Waals surface area contributed by atoms with Crippen LogP contribution in [0.2, 0.25) is 0 Å². The zero-order valence-electron chi connectivity index (χ0n) is 16.0. The molecule has 4 aromatic rings. The number of tetrazole rings is 1. The molecule has 0 bridgehead atoms. The Bertz CT molecular complexity index is 1160. The maximum absolute atomic E-state index is 14.6. The van der Waals surface area contributed by atoms with Gasteiger partial charge in [-0.05, 0) is 35.0 Å². The topological polar surface area (TPSA) is 94.8 Å². The zero-order valence-corrected chi connectivity index (χ0v) is 16.0. The number of aromatic nitrogens is 5. The van der Waals surface area contributed by atoms with E-state index in [1.807, 2.05) is 6.07 Å². The maximum atomic E-state index is 14.6. The Morgan fingerprint density at radius 3 is 2.63 bits per heavy atom. The van der Waals surface area contributed by atoms with Gasteiger partial charge in [0.2, 0.25) is 5.82 Å². The zero-order chi connectivity index (χ0) is 20.9. The van der Waals surface area contributed by atoms with Crippen LogP contribution < -0.4 is 10.1 Å². The van der Waals surface area contributed by atoms with Gasteiger partial charge in [0.15, 0.2) is 0 Å². The number of para-hydroxylation sites is 1. The number of aryl methyl sites for hydroxylation is 1. The minimum absolute atomic E-state index is 0.137. The van der Waals surface area contributed by atoms with Crippen molar-refractivity contribution >= 4 is 6.09 Å². The van der Waals surface area contributed by atoms with E-state index in [1.165, 1.54) is 10.9 Å². The summed E-state index contributed by atoms with van der Waals surface area (Å²) in [7, 11) is 1.66. The molecule has 0 unspecified atom stereocenters. The summed E-state index contributed by atoms with van der Waals surface area (Å²) in [6, 6.07) is 16.9. The van der Waals surface area contributed by atoms with Crippen LogP contribution in [-0.2, 0) is 13.6 Å². The number of nitrogens with zero attached hydrogens (tertiary/aromatic N) is 5. The molecule has 0 aliphatic rings. The molecule has 0 aliphatic heterocycles. The molecule has 0 saturated heterocycles. The lowest BCUT2D eigenvalue weighted by Crippen LogP contribution is -2.26. The Hall–Kier alpha value is -4.14. The number of carbonyl (C=O) groups is 1. The van der Waals surface area contributed by atoms with Crippen molar-refractivity contribution in [3.05, 3.63) is 78.2 Å². The van der Waals surface area contributed by atoms with E-state index >= 15 is 0 Å². The van der Waals surface area contributed by atoms with Gasteiger partial charge in [-0.3, -0.25) is 4.98 Å². The monoisotopic (exact) mass is 404 g/mol. The summed E-state index contributed by atoms with van der Waals surface area (Å²) in [5.41, 5.74) is 2.17. The Balaban J connectivity index is 1.41. The minimum atomic E-state index is -0.608. The molecular formula is C21H17FN6O2. The number of ether oxygens (including phenoxy) is 1. The normalized spacial score (nSPS) is 10.6. The third-order valence-electron chi connectivity index (χ3n) is 4.24. The van der Waals surface area contributed by atoms with Gasteiger partial charge >= 0.3 is 6.09 Å². The van der Waals surface area contributed by atoms with Crippen molar-refractivity contribution in [3.63, 3.8) is 0 Å². The third kappa shape index (κ3) is 4.46. The fraction of sp³-hybridized carbons (Fsp3) is 0.0952. The highest BCUT2D eigenvalue weighted by Crippen LogP contribution is 2.24. The molecule has 0 fully saturated rings. The Labute approximate surface area is 171 Å². The molecular weight excluding hydrogens is 387 g/mol. The van der Waals surface area contributed by atoms with E-state index in [0.717, 1.165) is 0 Å². The second kappa shape index (κ2) is 8.48. The van der Waals surface area contributed by atoms with Crippen LogP contribution in [0.1, 0.15) is 5.56 Å². The predicted octanol–water partition coefficient (Wildman–Crippen LogP) is 3.37. The minimum Gasteiger partial charge on any atom is -0.410 e. The highest BCUT2D eigenvalue weighted by molar-refractivity contribution is 5.70. The Morgan fingerprint density at radius 2 is 1.97 bits per heavy atom. The summed E-state index contributed by atoms with van der Waals surface area (Å²) >= 11 is 0. The van der Waals surface area contributed by atoms with Crippen LogP contribution in [0.15, 0.2) is 66.9 Å². The predicted molar refractivity (Wildman–Crippen MR) is 107 cm³/mol. The van der Waals surface area contributed by atoms with Gasteiger partial charge in [0.25, 0.3) is 0 Å². The van der Waals surface area contributed by atoms with Crippen LogP contribution in [0, 0.1) is 5.82 Å². The van der Waals surface area contributed by atoms with Crippen molar-refractivity contribution in [2.45, 2.75) is 6.54 Å². The number of hydrogen-bond acceptors (Lipinski definition) is 6. The number of nitrogens with one attached hydrogen (secondary N) is 1. The number of benzene rings is 2. The number of amides is 1. The van der Waals surface area contributed by atoms with Gasteiger partial charge in [-0.2, -0.15) is 4.80 Å². The van der Waals surface area contributed by atoms with Gasteiger partial charge in [-0.25, -0.2) is 9.18 Å². The van der Waals surface area contributed by atoms with E-state index in [0.29, 0.717) is 34.0 Å². The maximum Gasteiger partial charge on any atom is 0.412 e. The number of pyridine rings is 1. The average molecular weight is 404 g/mol. The standard InChI is InChI=1S/C21H17FN6O2/c1-28-26-20(25-27-28)19-10-8-15(13-23-19)17-9-7-14(11-18(17)22)12-24-21(29)30-16-5-3-2-4-6-16/h2-11,13H,12H2,1H3,(H,24,29). The number of halogens is 1. The lowest BCUT2D eigenvalue weighted by molar-refractivity contribution is 0.200. The van der Waals surface area contributed by atoms with Crippen molar-refractivity contribution in [1.82, 2.24) is 30.5 Å². The van der Waals surface area contributed by atoms with Crippen LogP contribution >= 0.6 is 0 Å². The van der Waals surface area contributed by atoms with Gasteiger partial charge in [0.1, 0.15) is 17.3 Å². The fourth-order valence-corrected chi connectivity index (χ4v) is 2.78. The molecule has 8 nitrogen and oxygen atoms in total. The molecule has 2 aromatic heterocycles. The molecule has 0 spiro atoms. The largest absolute Gasteiger partial charge is 0.412 e. The lowest BCUT2D eigenvalue weighted by atomic mass is 10.0. The summed E-state index contributed by atoms with van der Waals surface area (Å²) in [5, 5.41) is 14.4. The first kappa shape index (κ1) is 19.2. The van der Waals surface area contributed by atoms with Crippen molar-refractivity contribution in [2.24, 2.45) is 7.05 Å². The molecule has 2 heterocycles. The SMILES string of the molecule is Cn1nnc(-c2ccc(-c3ccc(CNC(=O)Oc4ccccc4)cc3F)cn2)n1. The van der Waals surface area contributed by atoms with E-state index in [4.69, 9.17) is 4.74 Å². The molecule has 2 aromatic carbocycles. The highest BCUT2D eigenvalue weighted by atomic mass is 19.1. The van der Waals surface area contributed by atoms with Crippen molar-refractivity contribution in [3.8, 4) is 28.4 Å². The van der Waals surface area contributed by atoms with E-state index in [9.17, 15) is 9.18 Å². The Kier molecular flexibility index (Phi) is 5.42. The molecule has 0 saturated carbocycles. The fourth-order valence-electron chi connectivity index (χ4n) is 2.78. The summed E-state index contributed by atoms with van der Waals surface area (Å²) in [6.45, 7) is 0.137. The van der Waals surface area contributed by atoms with E-state index in [2.05, 4.69) is 25.7 Å². The first-order chi connectivity index (χ1) is 14.6. The molecule has 30 heavy (non-hydrogen) atoms. The Morgan fingerprint density at radius 1 is 1.13 bits per heavy atom. The molecule has 0 aliphatic carbocycles. The van der Waals surface area contributed by atoms with E-state index < -0.39 is 11.9 Å². The number of rotatable bonds is 5. The molecule has 0 atom stereocenters. The van der Waals surface area contributed by atoms with Crippen LogP contribution in [0.4, 0.5) is 9.18 Å². The van der Waals surface area contributed by atoms with Gasteiger partial charge in [-0.1, -0.05) is 36.4 Å². The molecule has 1 N–H and O–H groups in total. The first-order valence-electron chi connectivity index (χ1n) is 9.08. The smallest absolute Gasteiger partial charge is 0.410 e. The lowest BCUT2D eigenvalue weighted by Gasteiger charge is -2.09. The number of hydrogen-bond donors (Lipinski definition) is 1. The summed E-state index contributed by atoms with van der Waals surface area (Å²) in [4.78, 5) is 17.5. The molecule has 4 rings (SSSR count). The van der Waals surface area contributed by atoms with Crippen LogP contribution in [0.5, 0.6) is 5.75 Å². The summed E-state index contributed by atoms with van der Waals surface area (Å²) in [5.74, 6) is 0.412. The van der Waals surface area contributed by atoms with Crippen molar-refractivity contribution in [1.29, 1.82) is 0 Å². The second-order valence-electron chi connectivity index (χ2n) is 6.40. The molecule has 0 radical (unpaired) electrons. The van der Waals surface area contributed by atoms with Gasteiger partial charge in [0.05, 0.1) is 7.05 Å². The highest BCUT2D eigenvalue weighted by Gasteiger charge is 2.11. The van der Waals surface area contributed by atoms with Crippen molar-refractivity contribution < 1.29 is 13.9 Å². The van der Waals surface area contributed by atoms with Gasteiger partial charge in [0, 0.05) is 23.9 Å². The van der Waals surface area contributed by atoms with E-state index in [-0.39, 0.29) is 6.54 Å². The van der Waals surface area contributed by atoms with Crippen LogP contribution in [0.25, 0.3) is 22.6 Å². The average Bonchev–Trinajstić information content (AvgIpc) is 3.20. The summed E-state index contributed by atoms with van der Waals surface area (Å²) in [6.07, 6.45) is 0.947. The van der Waals surface area contributed by atoms with Gasteiger partial charge in [-0.15, -0.1) is 10.2 Å². The molecule has 1 amide bonds. The third-order valence-corrected chi connectivity index (χ3v) is 4.24. The quantitative estimate of drug-likeness (QED) is 0.548. The number of carbonyl (C=O) groups excluding carboxylic acids is 1. The summed E-state index contributed by atoms with van der Waals surface area (Å²) < 4.78 is 19.8. The van der Waals surface area contributed by atoms with E-state index in [1.54, 1.807) is 61.8 Å². The van der Waals surface area contributed by atoms with Gasteiger partial charge < -0.3 is 10.1 Å². The van der Waals surface area contributed by atoms with Crippen LogP contribution in [-0.4, -0.2) is 31.3 Å².